The van der Waals surface area contributed by atoms with Crippen LogP contribution >= 0.6 is 22.7 Å². The molecule has 7 nitrogen and oxygen atoms in total. The van der Waals surface area contributed by atoms with E-state index in [0.717, 1.165) is 32.6 Å². The molecule has 1 N–H and O–H groups in total. The molecule has 34 heavy (non-hydrogen) atoms. The Kier molecular flexibility index (Phi) is 5.89. The molecule has 0 fully saturated rings. The lowest BCUT2D eigenvalue weighted by Crippen LogP contribution is -2.36. The average molecular weight is 516 g/mol. The van der Waals surface area contributed by atoms with Gasteiger partial charge in [-0.1, -0.05) is 0 Å². The molecule has 0 aliphatic carbocycles. The van der Waals surface area contributed by atoms with E-state index < -0.39 is 46.1 Å². The van der Waals surface area contributed by atoms with Crippen molar-refractivity contribution in [3.63, 3.8) is 0 Å². The molecule has 1 amide bonds. The highest BCUT2D eigenvalue weighted by atomic mass is 32.1. The van der Waals surface area contributed by atoms with Crippen LogP contribution in [-0.2, 0) is 31.5 Å². The van der Waals surface area contributed by atoms with Gasteiger partial charge in [-0.25, -0.2) is 18.6 Å². The topological polar surface area (TPSA) is 86.0 Å². The van der Waals surface area contributed by atoms with Gasteiger partial charge in [-0.2, -0.15) is 13.2 Å². The zero-order valence-corrected chi connectivity index (χ0v) is 18.9. The van der Waals surface area contributed by atoms with E-state index in [2.05, 4.69) is 10.3 Å². The number of hydrogen-bond donors (Lipinski definition) is 1. The second-order valence-corrected chi connectivity index (χ2v) is 8.93. The van der Waals surface area contributed by atoms with E-state index in [1.54, 1.807) is 5.38 Å². The minimum atomic E-state index is -5.09. The highest BCUT2D eigenvalue weighted by Gasteiger charge is 2.38. The maximum absolute atomic E-state index is 13.9. The van der Waals surface area contributed by atoms with Crippen LogP contribution in [0.1, 0.15) is 11.1 Å². The lowest BCUT2D eigenvalue weighted by Gasteiger charge is -2.12. The number of fused-ring (bicyclic) bond motifs is 1. The molecule has 14 heteroatoms. The smallest absolute Gasteiger partial charge is 0.302 e. The third-order valence-corrected chi connectivity index (χ3v) is 6.82. The molecule has 0 saturated heterocycles. The number of carbonyl (C=O) groups is 1. The maximum Gasteiger partial charge on any atom is 0.419 e. The number of thiophene rings is 1. The maximum atomic E-state index is 13.9. The number of rotatable bonds is 4. The number of aryl methyl sites for hydroxylation is 1. The van der Waals surface area contributed by atoms with Crippen molar-refractivity contribution in [1.29, 1.82) is 0 Å². The van der Waals surface area contributed by atoms with Crippen molar-refractivity contribution in [2.45, 2.75) is 12.6 Å². The lowest BCUT2D eigenvalue weighted by atomic mass is 10.0. The summed E-state index contributed by atoms with van der Waals surface area (Å²) in [6.45, 7) is 0. The third-order valence-electron chi connectivity index (χ3n) is 4.96. The SMILES string of the molecule is Cn1c(=O)c2c(CC(=O)Nc3nc(-c4cc(F)cc(F)c4C(F)(F)F)cs3)csc2n(C)c1=O. The second-order valence-electron chi connectivity index (χ2n) is 7.22. The molecule has 0 bridgehead atoms. The Morgan fingerprint density at radius 3 is 2.47 bits per heavy atom. The number of aromatic nitrogens is 3. The number of thiazole rings is 1. The van der Waals surface area contributed by atoms with Gasteiger partial charge in [0.25, 0.3) is 5.56 Å². The number of halogens is 5. The van der Waals surface area contributed by atoms with Crippen molar-refractivity contribution in [3.05, 3.63) is 66.5 Å². The van der Waals surface area contributed by atoms with E-state index in [-0.39, 0.29) is 28.7 Å². The first-order valence-corrected chi connectivity index (χ1v) is 11.1. The largest absolute Gasteiger partial charge is 0.419 e. The summed E-state index contributed by atoms with van der Waals surface area (Å²) in [5, 5.41) is 5.20. The summed E-state index contributed by atoms with van der Waals surface area (Å²) in [5.41, 5.74) is -3.55. The Hall–Kier alpha value is -3.39. The molecule has 4 rings (SSSR count). The van der Waals surface area contributed by atoms with Crippen LogP contribution in [0.25, 0.3) is 21.5 Å². The van der Waals surface area contributed by atoms with Gasteiger partial charge in [-0.3, -0.25) is 18.7 Å². The van der Waals surface area contributed by atoms with Gasteiger partial charge in [0.1, 0.15) is 22.0 Å². The second kappa shape index (κ2) is 8.43. The zero-order chi connectivity index (χ0) is 24.9. The Morgan fingerprint density at radius 2 is 1.79 bits per heavy atom. The van der Waals surface area contributed by atoms with Crippen LogP contribution in [0.2, 0.25) is 0 Å². The number of anilines is 1. The number of alkyl halides is 3. The molecule has 0 spiro atoms. The molecule has 0 atom stereocenters. The van der Waals surface area contributed by atoms with E-state index in [0.29, 0.717) is 16.5 Å². The van der Waals surface area contributed by atoms with Crippen LogP contribution in [0.5, 0.6) is 0 Å². The van der Waals surface area contributed by atoms with E-state index >= 15 is 0 Å². The fourth-order valence-corrected chi connectivity index (χ4v) is 5.16. The molecule has 4 aromatic rings. The third kappa shape index (κ3) is 4.14. The number of nitrogens with zero attached hydrogens (tertiary/aromatic N) is 3. The monoisotopic (exact) mass is 516 g/mol. The Labute approximate surface area is 194 Å². The minimum absolute atomic E-state index is 0.0994. The molecule has 0 unspecified atom stereocenters. The highest BCUT2D eigenvalue weighted by molar-refractivity contribution is 7.17. The molecular weight excluding hydrogens is 503 g/mol. The Bertz CT molecular complexity index is 1570. The number of carbonyl (C=O) groups excluding carboxylic acids is 1. The summed E-state index contributed by atoms with van der Waals surface area (Å²) in [5.74, 6) is -3.61. The van der Waals surface area contributed by atoms with E-state index in [4.69, 9.17) is 0 Å². The summed E-state index contributed by atoms with van der Waals surface area (Å²) in [6, 6.07) is 0.650. The van der Waals surface area contributed by atoms with Crippen molar-refractivity contribution in [2.75, 3.05) is 5.32 Å². The van der Waals surface area contributed by atoms with Gasteiger partial charge in [0.05, 0.1) is 17.5 Å². The summed E-state index contributed by atoms with van der Waals surface area (Å²) in [4.78, 5) is 41.4. The molecule has 0 aliphatic rings. The van der Waals surface area contributed by atoms with Crippen molar-refractivity contribution in [3.8, 4) is 11.3 Å². The lowest BCUT2D eigenvalue weighted by molar-refractivity contribution is -0.139. The Balaban J connectivity index is 1.62. The van der Waals surface area contributed by atoms with Crippen molar-refractivity contribution in [2.24, 2.45) is 14.1 Å². The van der Waals surface area contributed by atoms with Crippen molar-refractivity contribution >= 4 is 43.9 Å². The predicted octanol–water partition coefficient (Wildman–Crippen LogP) is 3.90. The van der Waals surface area contributed by atoms with Crippen molar-refractivity contribution < 1.29 is 26.7 Å². The van der Waals surface area contributed by atoms with Crippen LogP contribution in [-0.4, -0.2) is 20.0 Å². The normalized spacial score (nSPS) is 11.9. The summed E-state index contributed by atoms with van der Waals surface area (Å²) < 4.78 is 69.5. The standard InChI is InChI=1S/C20H13F5N4O3S2/c1-28-16(31)14-8(6-33-17(14)29(2)19(28)32)3-13(30)27-18-26-12(7-34-18)10-4-9(21)5-11(22)15(10)20(23,24)25/h4-7H,3H2,1-2H3,(H,26,27,30). The van der Waals surface area contributed by atoms with E-state index in [1.165, 1.54) is 18.7 Å². The van der Waals surface area contributed by atoms with Crippen LogP contribution in [0.3, 0.4) is 0 Å². The fourth-order valence-electron chi connectivity index (χ4n) is 3.41. The molecule has 0 radical (unpaired) electrons. The van der Waals surface area contributed by atoms with Crippen molar-refractivity contribution in [1.82, 2.24) is 14.1 Å². The molecule has 3 aromatic heterocycles. The molecule has 178 valence electrons. The van der Waals surface area contributed by atoms with Gasteiger partial charge >= 0.3 is 11.9 Å². The van der Waals surface area contributed by atoms with Gasteiger partial charge in [0, 0.05) is 31.1 Å². The van der Waals surface area contributed by atoms with Crippen LogP contribution in [0.4, 0.5) is 27.1 Å². The molecule has 1 aromatic carbocycles. The zero-order valence-electron chi connectivity index (χ0n) is 17.3. The molecule has 0 saturated carbocycles. The highest BCUT2D eigenvalue weighted by Crippen LogP contribution is 2.40. The van der Waals surface area contributed by atoms with E-state index in [1.807, 2.05) is 0 Å². The predicted molar refractivity (Wildman–Crippen MR) is 117 cm³/mol. The quantitative estimate of drug-likeness (QED) is 0.417. The first-order valence-electron chi connectivity index (χ1n) is 9.36. The van der Waals surface area contributed by atoms with Crippen LogP contribution < -0.4 is 16.6 Å². The van der Waals surface area contributed by atoms with Gasteiger partial charge in [-0.05, 0) is 17.0 Å². The first kappa shape index (κ1) is 23.8. The first-order chi connectivity index (χ1) is 15.9. The van der Waals surface area contributed by atoms with Crippen LogP contribution in [0, 0.1) is 11.6 Å². The molecule has 3 heterocycles. The molecule has 0 aliphatic heterocycles. The summed E-state index contributed by atoms with van der Waals surface area (Å²) in [7, 11) is 2.80. The fraction of sp³-hybridized carbons (Fsp3) is 0.200. The van der Waals surface area contributed by atoms with Gasteiger partial charge in [-0.15, -0.1) is 22.7 Å². The van der Waals surface area contributed by atoms with E-state index in [9.17, 15) is 36.3 Å². The number of nitrogens with one attached hydrogen (secondary N) is 1. The number of amides is 1. The summed E-state index contributed by atoms with van der Waals surface area (Å²) >= 11 is 1.88. The number of hydrogen-bond acceptors (Lipinski definition) is 6. The number of benzene rings is 1. The van der Waals surface area contributed by atoms with Gasteiger partial charge in [0.2, 0.25) is 5.91 Å². The average Bonchev–Trinajstić information content (AvgIpc) is 3.36. The summed E-state index contributed by atoms with van der Waals surface area (Å²) in [6.07, 6.45) is -5.36. The van der Waals surface area contributed by atoms with Gasteiger partial charge in [0.15, 0.2) is 5.13 Å². The Morgan fingerprint density at radius 1 is 1.09 bits per heavy atom. The van der Waals surface area contributed by atoms with Crippen LogP contribution in [0.15, 0.2) is 32.5 Å². The van der Waals surface area contributed by atoms with Gasteiger partial charge < -0.3 is 5.32 Å². The minimum Gasteiger partial charge on any atom is -0.302 e. The molecular formula is C20H13F5N4O3S2.